The van der Waals surface area contributed by atoms with Crippen molar-refractivity contribution in [3.8, 4) is 5.75 Å². The highest BCUT2D eigenvalue weighted by Crippen LogP contribution is 2.16. The van der Waals surface area contributed by atoms with E-state index in [0.717, 1.165) is 12.0 Å². The van der Waals surface area contributed by atoms with E-state index in [4.69, 9.17) is 9.47 Å². The summed E-state index contributed by atoms with van der Waals surface area (Å²) in [6.07, 6.45) is 0.329. The van der Waals surface area contributed by atoms with Gasteiger partial charge in [0.05, 0.1) is 13.0 Å². The molecule has 2 amide bonds. The highest BCUT2D eigenvalue weighted by molar-refractivity contribution is 5.94. The van der Waals surface area contributed by atoms with Crippen LogP contribution in [0.4, 0.5) is 4.79 Å². The molecule has 164 valence electrons. The van der Waals surface area contributed by atoms with Gasteiger partial charge in [-0.2, -0.15) is 0 Å². The van der Waals surface area contributed by atoms with Crippen molar-refractivity contribution in [3.05, 3.63) is 65.2 Å². The maximum Gasteiger partial charge on any atom is 0.513 e. The van der Waals surface area contributed by atoms with Crippen LogP contribution in [0.5, 0.6) is 5.75 Å². The largest absolute Gasteiger partial charge is 0.513 e. The Hall–Kier alpha value is -3.35. The van der Waals surface area contributed by atoms with Crippen LogP contribution in [0.3, 0.4) is 0 Å². The van der Waals surface area contributed by atoms with Crippen LogP contribution in [0.2, 0.25) is 0 Å². The number of rotatable bonds is 5. The number of hydrogen-bond acceptors (Lipinski definition) is 5. The van der Waals surface area contributed by atoms with Gasteiger partial charge in [-0.3, -0.25) is 9.59 Å². The highest BCUT2D eigenvalue weighted by Gasteiger charge is 2.23. The Morgan fingerprint density at radius 2 is 1.52 bits per heavy atom. The molecule has 0 saturated carbocycles. The van der Waals surface area contributed by atoms with Gasteiger partial charge in [0, 0.05) is 31.7 Å². The summed E-state index contributed by atoms with van der Waals surface area (Å²) in [7, 11) is 0. The maximum atomic E-state index is 12.9. The minimum absolute atomic E-state index is 0.0821. The first kappa shape index (κ1) is 22.3. The lowest BCUT2D eigenvalue weighted by Crippen LogP contribution is -2.38. The van der Waals surface area contributed by atoms with E-state index in [0.29, 0.717) is 43.9 Å². The van der Waals surface area contributed by atoms with Crippen LogP contribution in [0.15, 0.2) is 48.5 Å². The Bertz CT molecular complexity index is 909. The van der Waals surface area contributed by atoms with Gasteiger partial charge in [0.2, 0.25) is 5.91 Å². The molecule has 3 rings (SSSR count). The summed E-state index contributed by atoms with van der Waals surface area (Å²) < 4.78 is 9.76. The number of carbonyl (C=O) groups excluding carboxylic acids is 3. The molecule has 0 aliphatic carbocycles. The molecule has 31 heavy (non-hydrogen) atoms. The van der Waals surface area contributed by atoms with Crippen molar-refractivity contribution in [2.45, 2.75) is 26.7 Å². The second-order valence-electron chi connectivity index (χ2n) is 7.50. The summed E-state index contributed by atoms with van der Waals surface area (Å²) in [6.45, 7) is 6.18. The SMILES string of the molecule is CCOC(=O)Oc1ccc(C(=O)N2CCCN(C(=O)Cc3ccc(C)cc3)CC2)cc1. The molecular weight excluding hydrogens is 396 g/mol. The number of carbonyl (C=O) groups is 3. The molecule has 2 aromatic carbocycles. The van der Waals surface area contributed by atoms with E-state index in [9.17, 15) is 14.4 Å². The normalized spacial score (nSPS) is 14.0. The van der Waals surface area contributed by atoms with E-state index in [1.54, 1.807) is 36.1 Å². The predicted molar refractivity (Wildman–Crippen MR) is 116 cm³/mol. The Balaban J connectivity index is 1.54. The van der Waals surface area contributed by atoms with Crippen LogP contribution >= 0.6 is 0 Å². The molecule has 1 aliphatic heterocycles. The van der Waals surface area contributed by atoms with Gasteiger partial charge in [-0.25, -0.2) is 4.79 Å². The zero-order chi connectivity index (χ0) is 22.2. The summed E-state index contributed by atoms with van der Waals surface area (Å²) in [5.41, 5.74) is 2.68. The van der Waals surface area contributed by atoms with Crippen LogP contribution in [0, 0.1) is 6.92 Å². The summed E-state index contributed by atoms with van der Waals surface area (Å²) in [4.78, 5) is 40.6. The third-order valence-electron chi connectivity index (χ3n) is 5.18. The van der Waals surface area contributed by atoms with Gasteiger partial charge in [-0.05, 0) is 50.1 Å². The first-order valence-corrected chi connectivity index (χ1v) is 10.5. The Morgan fingerprint density at radius 1 is 0.871 bits per heavy atom. The van der Waals surface area contributed by atoms with E-state index >= 15 is 0 Å². The zero-order valence-electron chi connectivity index (χ0n) is 18.0. The predicted octanol–water partition coefficient (Wildman–Crippen LogP) is 3.45. The van der Waals surface area contributed by atoms with Crippen molar-refractivity contribution in [1.82, 2.24) is 9.80 Å². The Labute approximate surface area is 182 Å². The first-order chi connectivity index (χ1) is 15.0. The summed E-state index contributed by atoms with van der Waals surface area (Å²) in [5, 5.41) is 0. The van der Waals surface area contributed by atoms with Crippen molar-refractivity contribution in [1.29, 1.82) is 0 Å². The fourth-order valence-electron chi connectivity index (χ4n) is 3.45. The van der Waals surface area contributed by atoms with Crippen LogP contribution in [0.1, 0.15) is 34.8 Å². The van der Waals surface area contributed by atoms with Gasteiger partial charge in [0.25, 0.3) is 5.91 Å². The van der Waals surface area contributed by atoms with Crippen molar-refractivity contribution in [2.24, 2.45) is 0 Å². The first-order valence-electron chi connectivity index (χ1n) is 10.5. The van der Waals surface area contributed by atoms with E-state index in [1.807, 2.05) is 36.1 Å². The smallest absolute Gasteiger partial charge is 0.434 e. The molecule has 0 spiro atoms. The third kappa shape index (κ3) is 6.31. The molecule has 2 aromatic rings. The number of nitrogens with zero attached hydrogens (tertiary/aromatic N) is 2. The van der Waals surface area contributed by atoms with E-state index in [1.165, 1.54) is 5.56 Å². The topological polar surface area (TPSA) is 76.2 Å². The lowest BCUT2D eigenvalue weighted by Gasteiger charge is -2.22. The van der Waals surface area contributed by atoms with E-state index in [-0.39, 0.29) is 18.4 Å². The standard InChI is InChI=1S/C24H28N2O5/c1-3-30-24(29)31-21-11-9-20(10-12-21)23(28)26-14-4-13-25(15-16-26)22(27)17-19-7-5-18(2)6-8-19/h5-12H,3-4,13-17H2,1-2H3. The molecule has 1 aliphatic rings. The molecule has 0 atom stereocenters. The monoisotopic (exact) mass is 424 g/mol. The fraction of sp³-hybridized carbons (Fsp3) is 0.375. The van der Waals surface area contributed by atoms with Gasteiger partial charge in [0.15, 0.2) is 0 Å². The average Bonchev–Trinajstić information content (AvgIpc) is 3.02. The quantitative estimate of drug-likeness (QED) is 0.543. The molecule has 0 radical (unpaired) electrons. The van der Waals surface area contributed by atoms with Gasteiger partial charge in [-0.1, -0.05) is 29.8 Å². The fourth-order valence-corrected chi connectivity index (χ4v) is 3.45. The molecule has 7 heteroatoms. The molecular formula is C24H28N2O5. The van der Waals surface area contributed by atoms with Crippen molar-refractivity contribution >= 4 is 18.0 Å². The van der Waals surface area contributed by atoms with Crippen LogP contribution in [-0.2, 0) is 16.0 Å². The summed E-state index contributed by atoms with van der Waals surface area (Å²) in [5.74, 6) is 0.299. The van der Waals surface area contributed by atoms with Gasteiger partial charge < -0.3 is 19.3 Å². The number of hydrogen-bond donors (Lipinski definition) is 0. The highest BCUT2D eigenvalue weighted by atomic mass is 16.7. The second kappa shape index (κ2) is 10.6. The molecule has 0 aromatic heterocycles. The number of ether oxygens (including phenoxy) is 2. The lowest BCUT2D eigenvalue weighted by molar-refractivity contribution is -0.130. The van der Waals surface area contributed by atoms with Gasteiger partial charge in [0.1, 0.15) is 5.75 Å². The van der Waals surface area contributed by atoms with E-state index in [2.05, 4.69) is 0 Å². The number of amides is 2. The molecule has 1 heterocycles. The van der Waals surface area contributed by atoms with Crippen molar-refractivity contribution < 1.29 is 23.9 Å². The molecule has 1 saturated heterocycles. The summed E-state index contributed by atoms with van der Waals surface area (Å²) in [6, 6.07) is 14.4. The maximum absolute atomic E-state index is 12.9. The van der Waals surface area contributed by atoms with Crippen LogP contribution in [0.25, 0.3) is 0 Å². The Morgan fingerprint density at radius 3 is 2.19 bits per heavy atom. The minimum atomic E-state index is -0.774. The molecule has 0 N–H and O–H groups in total. The second-order valence-corrected chi connectivity index (χ2v) is 7.50. The number of benzene rings is 2. The average molecular weight is 424 g/mol. The van der Waals surface area contributed by atoms with E-state index < -0.39 is 6.16 Å². The molecule has 7 nitrogen and oxygen atoms in total. The van der Waals surface area contributed by atoms with Crippen molar-refractivity contribution in [2.75, 3.05) is 32.8 Å². The van der Waals surface area contributed by atoms with Crippen molar-refractivity contribution in [3.63, 3.8) is 0 Å². The molecule has 0 unspecified atom stereocenters. The molecule has 1 fully saturated rings. The Kier molecular flexibility index (Phi) is 7.65. The lowest BCUT2D eigenvalue weighted by atomic mass is 10.1. The van der Waals surface area contributed by atoms with Crippen LogP contribution in [-0.4, -0.2) is 60.6 Å². The van der Waals surface area contributed by atoms with Crippen LogP contribution < -0.4 is 4.74 Å². The third-order valence-corrected chi connectivity index (χ3v) is 5.18. The number of aryl methyl sites for hydroxylation is 1. The van der Waals surface area contributed by atoms with Gasteiger partial charge >= 0.3 is 6.16 Å². The zero-order valence-corrected chi connectivity index (χ0v) is 18.0. The molecule has 0 bridgehead atoms. The van der Waals surface area contributed by atoms with Gasteiger partial charge in [-0.15, -0.1) is 0 Å². The minimum Gasteiger partial charge on any atom is -0.434 e. The summed E-state index contributed by atoms with van der Waals surface area (Å²) >= 11 is 0.